The van der Waals surface area contributed by atoms with Crippen molar-refractivity contribution in [3.63, 3.8) is 0 Å². The molecule has 3 rings (SSSR count). The number of nitrogens with one attached hydrogen (secondary N) is 2. The van der Waals surface area contributed by atoms with E-state index in [1.165, 1.54) is 19.4 Å². The van der Waals surface area contributed by atoms with E-state index in [-0.39, 0.29) is 11.8 Å². The molecule has 2 aliphatic heterocycles. The zero-order valence-corrected chi connectivity index (χ0v) is 14.2. The van der Waals surface area contributed by atoms with Crippen molar-refractivity contribution in [2.75, 3.05) is 38.0 Å². The third kappa shape index (κ3) is 4.90. The molecule has 2 aliphatic rings. The van der Waals surface area contributed by atoms with Crippen molar-refractivity contribution in [1.29, 1.82) is 0 Å². The fourth-order valence-corrected chi connectivity index (χ4v) is 3.60. The van der Waals surface area contributed by atoms with Crippen LogP contribution in [0.1, 0.15) is 25.7 Å². The van der Waals surface area contributed by atoms with E-state index in [4.69, 9.17) is 11.6 Å². The molecule has 2 saturated heterocycles. The summed E-state index contributed by atoms with van der Waals surface area (Å²) in [7, 11) is 0. The van der Waals surface area contributed by atoms with Crippen LogP contribution in [0.15, 0.2) is 18.3 Å². The predicted molar refractivity (Wildman–Crippen MR) is 92.6 cm³/mol. The fraction of sp³-hybridized carbons (Fsp3) is 0.647. The van der Waals surface area contributed by atoms with E-state index in [0.29, 0.717) is 10.8 Å². The van der Waals surface area contributed by atoms with E-state index in [0.717, 1.165) is 44.9 Å². The van der Waals surface area contributed by atoms with Gasteiger partial charge in [0.25, 0.3) is 0 Å². The first-order chi connectivity index (χ1) is 11.2. The molecular formula is C17H25ClN4O. The van der Waals surface area contributed by atoms with Gasteiger partial charge in [-0.1, -0.05) is 11.6 Å². The monoisotopic (exact) mass is 336 g/mol. The van der Waals surface area contributed by atoms with Gasteiger partial charge in [-0.15, -0.1) is 0 Å². The van der Waals surface area contributed by atoms with Gasteiger partial charge >= 0.3 is 0 Å². The van der Waals surface area contributed by atoms with Gasteiger partial charge in [-0.3, -0.25) is 4.79 Å². The summed E-state index contributed by atoms with van der Waals surface area (Å²) >= 11 is 5.81. The molecule has 0 bridgehead atoms. The second-order valence-electron chi connectivity index (χ2n) is 6.62. The number of halogens is 1. The molecule has 1 aromatic heterocycles. The Hall–Kier alpha value is -1.17. The molecule has 1 amide bonds. The van der Waals surface area contributed by atoms with Crippen molar-refractivity contribution >= 4 is 23.3 Å². The maximum atomic E-state index is 12.3. The van der Waals surface area contributed by atoms with Gasteiger partial charge in [-0.2, -0.15) is 0 Å². The number of hydrogen-bond acceptors (Lipinski definition) is 4. The number of aromatic nitrogens is 1. The number of rotatable bonds is 4. The van der Waals surface area contributed by atoms with Crippen LogP contribution in [0.4, 0.5) is 5.82 Å². The van der Waals surface area contributed by atoms with Crippen molar-refractivity contribution in [2.24, 2.45) is 11.8 Å². The minimum absolute atomic E-state index is 0.0846. The van der Waals surface area contributed by atoms with E-state index >= 15 is 0 Å². The second kappa shape index (κ2) is 8.08. The predicted octanol–water partition coefficient (Wildman–Crippen LogP) is 2.39. The molecule has 0 unspecified atom stereocenters. The standard InChI is InChI=1S/C17H25ClN4O/c18-15-1-2-16(20-11-15)21-17(23)14-5-9-22(10-6-14)12-13-3-7-19-8-4-13/h1-2,11,13-14,19H,3-10,12H2,(H,20,21,23). The lowest BCUT2D eigenvalue weighted by molar-refractivity contribution is -0.121. The summed E-state index contributed by atoms with van der Waals surface area (Å²) in [5.74, 6) is 1.58. The summed E-state index contributed by atoms with van der Waals surface area (Å²) in [6.07, 6.45) is 5.99. The highest BCUT2D eigenvalue weighted by molar-refractivity contribution is 6.30. The molecular weight excluding hydrogens is 312 g/mol. The highest BCUT2D eigenvalue weighted by atomic mass is 35.5. The van der Waals surface area contributed by atoms with Crippen molar-refractivity contribution in [3.8, 4) is 0 Å². The maximum absolute atomic E-state index is 12.3. The van der Waals surface area contributed by atoms with Gasteiger partial charge < -0.3 is 15.5 Å². The number of amides is 1. The molecule has 2 N–H and O–H groups in total. The fourth-order valence-electron chi connectivity index (χ4n) is 3.49. The highest BCUT2D eigenvalue weighted by Crippen LogP contribution is 2.22. The molecule has 0 radical (unpaired) electrons. The Bertz CT molecular complexity index is 508. The topological polar surface area (TPSA) is 57.3 Å². The minimum atomic E-state index is 0.0846. The Morgan fingerprint density at radius 2 is 2.00 bits per heavy atom. The lowest BCUT2D eigenvalue weighted by atomic mass is 9.93. The van der Waals surface area contributed by atoms with E-state index in [1.54, 1.807) is 18.3 Å². The van der Waals surface area contributed by atoms with Crippen LogP contribution in [0, 0.1) is 11.8 Å². The first kappa shape index (κ1) is 16.7. The summed E-state index contributed by atoms with van der Waals surface area (Å²) in [6, 6.07) is 3.48. The lowest BCUT2D eigenvalue weighted by Gasteiger charge is -2.35. The maximum Gasteiger partial charge on any atom is 0.228 e. The van der Waals surface area contributed by atoms with Crippen LogP contribution >= 0.6 is 11.6 Å². The quantitative estimate of drug-likeness (QED) is 0.886. The van der Waals surface area contributed by atoms with Gasteiger partial charge in [0.2, 0.25) is 5.91 Å². The Balaban J connectivity index is 1.42. The molecule has 1 aromatic rings. The van der Waals surface area contributed by atoms with Crippen LogP contribution < -0.4 is 10.6 Å². The van der Waals surface area contributed by atoms with Crippen molar-refractivity contribution < 1.29 is 4.79 Å². The SMILES string of the molecule is O=C(Nc1ccc(Cl)cn1)C1CCN(CC2CCNCC2)CC1. The third-order valence-corrected chi connectivity index (χ3v) is 5.14. The molecule has 0 saturated carbocycles. The largest absolute Gasteiger partial charge is 0.317 e. The second-order valence-corrected chi connectivity index (χ2v) is 7.06. The van der Waals surface area contributed by atoms with Gasteiger partial charge in [0.15, 0.2) is 0 Å². The van der Waals surface area contributed by atoms with Crippen LogP contribution in [0.2, 0.25) is 5.02 Å². The summed E-state index contributed by atoms with van der Waals surface area (Å²) < 4.78 is 0. The normalized spacial score (nSPS) is 21.3. The molecule has 0 atom stereocenters. The van der Waals surface area contributed by atoms with Crippen LogP contribution in [0.3, 0.4) is 0 Å². The van der Waals surface area contributed by atoms with E-state index < -0.39 is 0 Å². The molecule has 5 nitrogen and oxygen atoms in total. The number of carbonyl (C=O) groups excluding carboxylic acids is 1. The van der Waals surface area contributed by atoms with E-state index in [2.05, 4.69) is 20.5 Å². The molecule has 0 spiro atoms. The van der Waals surface area contributed by atoms with Crippen LogP contribution in [-0.2, 0) is 4.79 Å². The van der Waals surface area contributed by atoms with Gasteiger partial charge in [0.1, 0.15) is 5.82 Å². The summed E-state index contributed by atoms with van der Waals surface area (Å²) in [5.41, 5.74) is 0. The number of hydrogen-bond donors (Lipinski definition) is 2. The number of carbonyl (C=O) groups is 1. The Labute approximate surface area is 142 Å². The van der Waals surface area contributed by atoms with Gasteiger partial charge in [0, 0.05) is 18.7 Å². The Morgan fingerprint density at radius 1 is 1.26 bits per heavy atom. The molecule has 23 heavy (non-hydrogen) atoms. The van der Waals surface area contributed by atoms with Gasteiger partial charge in [0.05, 0.1) is 5.02 Å². The average Bonchev–Trinajstić information content (AvgIpc) is 2.58. The number of anilines is 1. The van der Waals surface area contributed by atoms with Gasteiger partial charge in [-0.25, -0.2) is 4.98 Å². The average molecular weight is 337 g/mol. The van der Waals surface area contributed by atoms with Gasteiger partial charge in [-0.05, 0) is 69.9 Å². The summed E-state index contributed by atoms with van der Waals surface area (Å²) in [4.78, 5) is 19.0. The summed E-state index contributed by atoms with van der Waals surface area (Å²) in [6.45, 7) is 5.54. The molecule has 2 fully saturated rings. The summed E-state index contributed by atoms with van der Waals surface area (Å²) in [5, 5.41) is 6.89. The number of nitrogens with zero attached hydrogens (tertiary/aromatic N) is 2. The van der Waals surface area contributed by atoms with Crippen molar-refractivity contribution in [3.05, 3.63) is 23.4 Å². The molecule has 3 heterocycles. The minimum Gasteiger partial charge on any atom is -0.317 e. The first-order valence-electron chi connectivity index (χ1n) is 8.56. The number of likely N-dealkylation sites (tertiary alicyclic amines) is 1. The van der Waals surface area contributed by atoms with Crippen molar-refractivity contribution in [1.82, 2.24) is 15.2 Å². The zero-order valence-electron chi connectivity index (χ0n) is 13.4. The molecule has 0 aliphatic carbocycles. The number of piperidine rings is 2. The smallest absolute Gasteiger partial charge is 0.228 e. The molecule has 6 heteroatoms. The molecule has 0 aromatic carbocycles. The van der Waals surface area contributed by atoms with E-state index in [9.17, 15) is 4.79 Å². The lowest BCUT2D eigenvalue weighted by Crippen LogP contribution is -2.42. The highest BCUT2D eigenvalue weighted by Gasteiger charge is 2.26. The Kier molecular flexibility index (Phi) is 5.86. The Morgan fingerprint density at radius 3 is 2.65 bits per heavy atom. The number of pyridine rings is 1. The molecule has 126 valence electrons. The third-order valence-electron chi connectivity index (χ3n) is 4.91. The van der Waals surface area contributed by atoms with Crippen LogP contribution in [-0.4, -0.2) is 48.5 Å². The zero-order chi connectivity index (χ0) is 16.1. The van der Waals surface area contributed by atoms with Crippen LogP contribution in [0.25, 0.3) is 0 Å². The van der Waals surface area contributed by atoms with Crippen LogP contribution in [0.5, 0.6) is 0 Å². The first-order valence-corrected chi connectivity index (χ1v) is 8.94. The van der Waals surface area contributed by atoms with Crippen molar-refractivity contribution in [2.45, 2.75) is 25.7 Å². The van der Waals surface area contributed by atoms with E-state index in [1.807, 2.05) is 0 Å².